The van der Waals surface area contributed by atoms with Gasteiger partial charge in [0, 0.05) is 25.2 Å². The van der Waals surface area contributed by atoms with Crippen LogP contribution in [-0.4, -0.2) is 71.5 Å². The van der Waals surface area contributed by atoms with E-state index in [4.69, 9.17) is 4.74 Å². The van der Waals surface area contributed by atoms with Crippen molar-refractivity contribution in [2.24, 2.45) is 11.8 Å². The summed E-state index contributed by atoms with van der Waals surface area (Å²) in [5, 5.41) is 2.41. The minimum Gasteiger partial charge on any atom is -0.453 e. The summed E-state index contributed by atoms with van der Waals surface area (Å²) in [5.74, 6) is -0.770. The van der Waals surface area contributed by atoms with Crippen LogP contribution in [0.1, 0.15) is 12.8 Å². The van der Waals surface area contributed by atoms with Gasteiger partial charge in [0.1, 0.15) is 11.8 Å². The maximum absolute atomic E-state index is 14.9. The molecular formula is C20H25F2N3O6S. The molecule has 1 N–H and O–H groups in total. The van der Waals surface area contributed by atoms with Crippen LogP contribution in [0, 0.1) is 23.5 Å². The predicted molar refractivity (Wildman–Crippen MR) is 111 cm³/mol. The van der Waals surface area contributed by atoms with Crippen LogP contribution in [0.2, 0.25) is 0 Å². The van der Waals surface area contributed by atoms with Crippen molar-refractivity contribution in [3.05, 3.63) is 23.8 Å². The lowest BCUT2D eigenvalue weighted by Gasteiger charge is -2.40. The van der Waals surface area contributed by atoms with Gasteiger partial charge in [-0.15, -0.1) is 0 Å². The normalized spacial score (nSPS) is 23.6. The molecule has 0 bridgehead atoms. The van der Waals surface area contributed by atoms with E-state index < -0.39 is 39.8 Å². The van der Waals surface area contributed by atoms with Gasteiger partial charge in [-0.3, -0.25) is 4.90 Å². The van der Waals surface area contributed by atoms with E-state index in [9.17, 15) is 26.8 Å². The molecule has 0 unspecified atom stereocenters. The van der Waals surface area contributed by atoms with E-state index in [1.54, 1.807) is 4.90 Å². The van der Waals surface area contributed by atoms with Gasteiger partial charge in [-0.25, -0.2) is 26.8 Å². The molecule has 3 aliphatic rings. The van der Waals surface area contributed by atoms with E-state index >= 15 is 0 Å². The van der Waals surface area contributed by atoms with Crippen molar-refractivity contribution in [3.63, 3.8) is 0 Å². The average Bonchev–Trinajstić information content (AvgIpc) is 3.10. The van der Waals surface area contributed by atoms with Crippen molar-refractivity contribution < 1.29 is 36.3 Å². The minimum absolute atomic E-state index is 0.00913. The second-order valence-electron chi connectivity index (χ2n) is 8.41. The fourth-order valence-electron chi connectivity index (χ4n) is 4.59. The average molecular weight is 473 g/mol. The molecule has 0 spiro atoms. The molecule has 32 heavy (non-hydrogen) atoms. The van der Waals surface area contributed by atoms with Crippen LogP contribution in [0.25, 0.3) is 0 Å². The molecule has 1 aromatic rings. The quantitative estimate of drug-likeness (QED) is 0.697. The van der Waals surface area contributed by atoms with Crippen molar-refractivity contribution in [1.29, 1.82) is 0 Å². The molecule has 3 heterocycles. The first-order chi connectivity index (χ1) is 15.2. The van der Waals surface area contributed by atoms with Crippen molar-refractivity contribution in [2.75, 3.05) is 54.6 Å². The summed E-state index contributed by atoms with van der Waals surface area (Å²) in [5.41, 5.74) is -0.117. The summed E-state index contributed by atoms with van der Waals surface area (Å²) in [7, 11) is -1.69. The molecule has 176 valence electrons. The third kappa shape index (κ3) is 4.59. The van der Waals surface area contributed by atoms with Crippen LogP contribution in [0.15, 0.2) is 12.1 Å². The number of benzene rings is 1. The predicted octanol–water partition coefficient (Wildman–Crippen LogP) is 1.91. The Morgan fingerprint density at radius 2 is 1.81 bits per heavy atom. The first-order valence-corrected chi connectivity index (χ1v) is 12.2. The van der Waals surface area contributed by atoms with Crippen LogP contribution >= 0.6 is 0 Å². The third-order valence-electron chi connectivity index (χ3n) is 6.31. The van der Waals surface area contributed by atoms with E-state index in [0.29, 0.717) is 25.9 Å². The molecule has 0 aromatic heterocycles. The highest BCUT2D eigenvalue weighted by molar-refractivity contribution is 7.92. The van der Waals surface area contributed by atoms with Crippen LogP contribution in [0.3, 0.4) is 0 Å². The van der Waals surface area contributed by atoms with Gasteiger partial charge in [0.2, 0.25) is 0 Å². The van der Waals surface area contributed by atoms with Gasteiger partial charge in [0.05, 0.1) is 37.4 Å². The number of anilines is 2. The third-order valence-corrected chi connectivity index (χ3v) is 8.18. The number of nitrogens with zero attached hydrogens (tertiary/aromatic N) is 2. The Morgan fingerprint density at radius 3 is 2.38 bits per heavy atom. The zero-order chi connectivity index (χ0) is 23.0. The van der Waals surface area contributed by atoms with Gasteiger partial charge in [-0.2, -0.15) is 0 Å². The number of carbonyl (C=O) groups is 2. The lowest BCUT2D eigenvalue weighted by atomic mass is 9.86. The van der Waals surface area contributed by atoms with E-state index in [1.807, 2.05) is 0 Å². The standard InChI is InChI=1S/C20H25F2N3O6S/c1-30-19(26)23-8-15-9-25(20(27)31-15)14-6-16(21)18(17(22)7-14)24-4-2-12(3-5-24)13-10-32(28,29)11-13/h6-7,12-13,15H,2-5,8-11H2,1H3,(H,23,26)/t15-/m0/s1. The van der Waals surface area contributed by atoms with Gasteiger partial charge in [-0.05, 0) is 24.7 Å². The van der Waals surface area contributed by atoms with E-state index in [-0.39, 0.29) is 47.8 Å². The van der Waals surface area contributed by atoms with Gasteiger partial charge < -0.3 is 19.7 Å². The second kappa shape index (κ2) is 8.72. The number of cyclic esters (lactones) is 1. The Kier molecular flexibility index (Phi) is 6.15. The molecule has 1 atom stereocenters. The Hall–Kier alpha value is -2.63. The number of ether oxygens (including phenoxy) is 2. The summed E-state index contributed by atoms with van der Waals surface area (Å²) in [6.45, 7) is 0.898. The molecule has 1 aromatic carbocycles. The lowest BCUT2D eigenvalue weighted by Crippen LogP contribution is -2.46. The largest absolute Gasteiger partial charge is 0.453 e. The Labute approximate surface area is 184 Å². The van der Waals surface area contributed by atoms with Crippen molar-refractivity contribution in [1.82, 2.24) is 5.32 Å². The monoisotopic (exact) mass is 473 g/mol. The second-order valence-corrected chi connectivity index (χ2v) is 10.6. The number of nitrogens with one attached hydrogen (secondary N) is 1. The van der Waals surface area contributed by atoms with Gasteiger partial charge >= 0.3 is 12.2 Å². The Morgan fingerprint density at radius 1 is 1.19 bits per heavy atom. The zero-order valence-electron chi connectivity index (χ0n) is 17.6. The highest BCUT2D eigenvalue weighted by Crippen LogP contribution is 2.37. The topological polar surface area (TPSA) is 105 Å². The maximum Gasteiger partial charge on any atom is 0.414 e. The highest BCUT2D eigenvalue weighted by atomic mass is 32.2. The number of piperidine rings is 1. The van der Waals surface area contributed by atoms with Gasteiger partial charge in [0.25, 0.3) is 0 Å². The number of hydrogen-bond donors (Lipinski definition) is 1. The van der Waals surface area contributed by atoms with Crippen LogP contribution in [-0.2, 0) is 19.3 Å². The van der Waals surface area contributed by atoms with Crippen LogP contribution in [0.4, 0.5) is 29.7 Å². The van der Waals surface area contributed by atoms with Crippen LogP contribution in [0.5, 0.6) is 0 Å². The number of amides is 2. The molecular weight excluding hydrogens is 448 g/mol. The summed E-state index contributed by atoms with van der Waals surface area (Å²) >= 11 is 0. The number of rotatable bonds is 5. The van der Waals surface area contributed by atoms with Crippen molar-refractivity contribution in [3.8, 4) is 0 Å². The molecule has 0 aliphatic carbocycles. The number of hydrogen-bond acceptors (Lipinski definition) is 7. The van der Waals surface area contributed by atoms with Crippen molar-refractivity contribution >= 4 is 33.4 Å². The lowest BCUT2D eigenvalue weighted by molar-refractivity contribution is 0.132. The fraction of sp³-hybridized carbons (Fsp3) is 0.600. The zero-order valence-corrected chi connectivity index (χ0v) is 18.4. The molecule has 3 fully saturated rings. The first-order valence-electron chi connectivity index (χ1n) is 10.4. The summed E-state index contributed by atoms with van der Waals surface area (Å²) in [4.78, 5) is 26.1. The molecule has 4 rings (SSSR count). The van der Waals surface area contributed by atoms with E-state index in [0.717, 1.165) is 17.0 Å². The summed E-state index contributed by atoms with van der Waals surface area (Å²) < 4.78 is 62.2. The Balaban J connectivity index is 1.39. The SMILES string of the molecule is COC(=O)NC[C@H]1CN(c2cc(F)c(N3CCC(C4CS(=O)(=O)C4)CC3)c(F)c2)C(=O)O1. The van der Waals surface area contributed by atoms with Gasteiger partial charge in [-0.1, -0.05) is 0 Å². The fourth-order valence-corrected chi connectivity index (χ4v) is 6.34. The maximum atomic E-state index is 14.9. The minimum atomic E-state index is -2.89. The molecule has 2 amide bonds. The van der Waals surface area contributed by atoms with Gasteiger partial charge in [0.15, 0.2) is 21.5 Å². The smallest absolute Gasteiger partial charge is 0.414 e. The molecule has 12 heteroatoms. The highest BCUT2D eigenvalue weighted by Gasteiger charge is 2.40. The molecule has 3 saturated heterocycles. The van der Waals surface area contributed by atoms with E-state index in [1.165, 1.54) is 7.11 Å². The summed E-state index contributed by atoms with van der Waals surface area (Å²) in [6, 6.07) is 2.20. The first kappa shape index (κ1) is 22.6. The summed E-state index contributed by atoms with van der Waals surface area (Å²) in [6.07, 6.45) is -0.766. The van der Waals surface area contributed by atoms with Crippen LogP contribution < -0.4 is 15.1 Å². The van der Waals surface area contributed by atoms with E-state index in [2.05, 4.69) is 10.1 Å². The van der Waals surface area contributed by atoms with Crippen molar-refractivity contribution in [2.45, 2.75) is 18.9 Å². The molecule has 0 radical (unpaired) electrons. The molecule has 9 nitrogen and oxygen atoms in total. The number of alkyl carbamates (subject to hydrolysis) is 1. The number of methoxy groups -OCH3 is 1. The number of halogens is 2. The Bertz CT molecular complexity index is 978. The number of carbonyl (C=O) groups excluding carboxylic acids is 2. The molecule has 3 aliphatic heterocycles. The number of sulfone groups is 1. The molecule has 0 saturated carbocycles.